The van der Waals surface area contributed by atoms with Crippen LogP contribution >= 0.6 is 22.6 Å². The van der Waals surface area contributed by atoms with E-state index in [1.165, 1.54) is 6.20 Å². The van der Waals surface area contributed by atoms with Gasteiger partial charge in [-0.2, -0.15) is 5.26 Å². The molecule has 0 aliphatic carbocycles. The summed E-state index contributed by atoms with van der Waals surface area (Å²) in [6.45, 7) is 1.88. The number of aryl methyl sites for hydroxylation is 1. The third-order valence-corrected chi connectivity index (χ3v) is 4.17. The highest BCUT2D eigenvalue weighted by atomic mass is 127. The molecular weight excluding hydrogens is 445 g/mol. The quantitative estimate of drug-likeness (QED) is 0.346. The average Bonchev–Trinajstić information content (AvgIpc) is 2.59. The Balaban J connectivity index is 2.06. The summed E-state index contributed by atoms with van der Waals surface area (Å²) < 4.78 is 1.06. The number of carboxylic acid groups (broad SMARTS) is 1. The number of carbonyl (C=O) groups excluding carboxylic acids is 1. The van der Waals surface area contributed by atoms with Crippen LogP contribution in [-0.2, 0) is 16.0 Å². The minimum absolute atomic E-state index is 0.0582. The van der Waals surface area contributed by atoms with Crippen molar-refractivity contribution >= 4 is 45.8 Å². The van der Waals surface area contributed by atoms with Gasteiger partial charge in [-0.25, -0.2) is 0 Å². The molecule has 2 aromatic rings. The maximum Gasteiger partial charge on any atom is 0.307 e. The monoisotopic (exact) mass is 461 g/mol. The van der Waals surface area contributed by atoms with Gasteiger partial charge in [-0.05, 0) is 71.0 Å². The van der Waals surface area contributed by atoms with E-state index in [4.69, 9.17) is 5.11 Å². The number of amides is 1. The number of aliphatic carboxylic acids is 1. The first-order valence-corrected chi connectivity index (χ1v) is 8.72. The van der Waals surface area contributed by atoms with E-state index >= 15 is 0 Å². The second kappa shape index (κ2) is 9.01. The van der Waals surface area contributed by atoms with Crippen LogP contribution in [0.15, 0.2) is 54.2 Å². The van der Waals surface area contributed by atoms with Gasteiger partial charge in [0, 0.05) is 21.1 Å². The fraction of sp³-hybridized carbons (Fsp3) is 0.105. The van der Waals surface area contributed by atoms with E-state index in [1.807, 2.05) is 25.1 Å². The Morgan fingerprint density at radius 1 is 1.23 bits per heavy atom. The molecule has 1 amide bonds. The van der Waals surface area contributed by atoms with Crippen LogP contribution in [0.5, 0.6) is 0 Å². The molecule has 0 aliphatic heterocycles. The summed E-state index contributed by atoms with van der Waals surface area (Å²) in [4.78, 5) is 22.9. The second-order valence-electron chi connectivity index (χ2n) is 5.49. The summed E-state index contributed by atoms with van der Waals surface area (Å²) in [5.41, 5.74) is 2.79. The standard InChI is InChI=1S/C19H16IN3O3/c1-12-8-15(20)4-7-17(12)23-19(26)14(10-21)11-22-16-5-2-13(3-6-16)9-18(24)25/h2-8,11,22H,9H2,1H3,(H,23,26)(H,24,25)/b14-11-. The van der Waals surface area contributed by atoms with E-state index in [0.717, 1.165) is 9.13 Å². The molecule has 2 rings (SSSR count). The number of hydrogen-bond acceptors (Lipinski definition) is 4. The molecule has 0 heterocycles. The van der Waals surface area contributed by atoms with Gasteiger partial charge in [0.1, 0.15) is 11.6 Å². The summed E-state index contributed by atoms with van der Waals surface area (Å²) in [6, 6.07) is 14.2. The van der Waals surface area contributed by atoms with Gasteiger partial charge in [-0.1, -0.05) is 12.1 Å². The predicted octanol–water partition coefficient (Wildman–Crippen LogP) is 3.68. The molecular formula is C19H16IN3O3. The highest BCUT2D eigenvalue weighted by molar-refractivity contribution is 14.1. The normalized spacial score (nSPS) is 10.7. The van der Waals surface area contributed by atoms with Crippen LogP contribution in [0.1, 0.15) is 11.1 Å². The molecule has 0 saturated carbocycles. The smallest absolute Gasteiger partial charge is 0.307 e. The van der Waals surface area contributed by atoms with Crippen LogP contribution in [0.4, 0.5) is 11.4 Å². The van der Waals surface area contributed by atoms with Crippen molar-refractivity contribution in [2.45, 2.75) is 13.3 Å². The zero-order chi connectivity index (χ0) is 19.1. The highest BCUT2D eigenvalue weighted by Crippen LogP contribution is 2.18. The number of nitrogens with one attached hydrogen (secondary N) is 2. The van der Waals surface area contributed by atoms with Crippen LogP contribution in [-0.4, -0.2) is 17.0 Å². The summed E-state index contributed by atoms with van der Waals surface area (Å²) >= 11 is 2.19. The number of rotatable bonds is 6. The molecule has 7 heteroatoms. The Kier molecular flexibility index (Phi) is 6.74. The maximum absolute atomic E-state index is 12.3. The Hall–Kier alpha value is -2.86. The van der Waals surface area contributed by atoms with Gasteiger partial charge < -0.3 is 15.7 Å². The lowest BCUT2D eigenvalue weighted by Gasteiger charge is -2.08. The topological polar surface area (TPSA) is 102 Å². The van der Waals surface area contributed by atoms with Crippen molar-refractivity contribution in [1.29, 1.82) is 5.26 Å². The van der Waals surface area contributed by atoms with Crippen molar-refractivity contribution in [3.05, 3.63) is 68.9 Å². The number of carbonyl (C=O) groups is 2. The molecule has 132 valence electrons. The van der Waals surface area contributed by atoms with Gasteiger partial charge in [0.05, 0.1) is 6.42 Å². The molecule has 0 bridgehead atoms. The fourth-order valence-corrected chi connectivity index (χ4v) is 2.80. The number of halogens is 1. The predicted molar refractivity (Wildman–Crippen MR) is 108 cm³/mol. The van der Waals surface area contributed by atoms with Gasteiger partial charge in [0.2, 0.25) is 0 Å². The Morgan fingerprint density at radius 2 is 1.92 bits per heavy atom. The second-order valence-corrected chi connectivity index (χ2v) is 6.74. The van der Waals surface area contributed by atoms with E-state index in [2.05, 4.69) is 33.2 Å². The molecule has 0 aliphatic rings. The van der Waals surface area contributed by atoms with E-state index in [0.29, 0.717) is 16.9 Å². The minimum Gasteiger partial charge on any atom is -0.481 e. The first kappa shape index (κ1) is 19.5. The lowest BCUT2D eigenvalue weighted by atomic mass is 10.1. The lowest BCUT2D eigenvalue weighted by molar-refractivity contribution is -0.136. The van der Waals surface area contributed by atoms with Gasteiger partial charge in [-0.3, -0.25) is 9.59 Å². The number of anilines is 2. The van der Waals surface area contributed by atoms with E-state index < -0.39 is 11.9 Å². The van der Waals surface area contributed by atoms with Crippen molar-refractivity contribution in [2.24, 2.45) is 0 Å². The molecule has 2 aromatic carbocycles. The average molecular weight is 461 g/mol. The third-order valence-electron chi connectivity index (χ3n) is 3.49. The first-order chi connectivity index (χ1) is 12.4. The largest absolute Gasteiger partial charge is 0.481 e. The third kappa shape index (κ3) is 5.60. The summed E-state index contributed by atoms with van der Waals surface area (Å²) in [5.74, 6) is -1.41. The Morgan fingerprint density at radius 3 is 2.50 bits per heavy atom. The summed E-state index contributed by atoms with van der Waals surface area (Å²) in [7, 11) is 0. The van der Waals surface area contributed by atoms with Crippen molar-refractivity contribution < 1.29 is 14.7 Å². The number of nitrogens with zero attached hydrogens (tertiary/aromatic N) is 1. The van der Waals surface area contributed by atoms with Crippen LogP contribution < -0.4 is 10.6 Å². The zero-order valence-corrected chi connectivity index (χ0v) is 16.1. The number of benzene rings is 2. The van der Waals surface area contributed by atoms with Gasteiger partial charge in [-0.15, -0.1) is 0 Å². The molecule has 0 spiro atoms. The molecule has 0 saturated heterocycles. The van der Waals surface area contributed by atoms with Gasteiger partial charge >= 0.3 is 5.97 Å². The van der Waals surface area contributed by atoms with Gasteiger partial charge in [0.15, 0.2) is 0 Å². The number of hydrogen-bond donors (Lipinski definition) is 3. The van der Waals surface area contributed by atoms with Crippen LogP contribution in [0, 0.1) is 21.8 Å². The molecule has 0 atom stereocenters. The lowest BCUT2D eigenvalue weighted by Crippen LogP contribution is -2.15. The summed E-state index contributed by atoms with van der Waals surface area (Å²) in [6.07, 6.45) is 1.26. The number of nitriles is 1. The molecule has 0 radical (unpaired) electrons. The molecule has 0 unspecified atom stereocenters. The molecule has 26 heavy (non-hydrogen) atoms. The van der Waals surface area contributed by atoms with Crippen LogP contribution in [0.3, 0.4) is 0 Å². The van der Waals surface area contributed by atoms with Crippen molar-refractivity contribution in [3.8, 4) is 6.07 Å². The van der Waals surface area contributed by atoms with Crippen molar-refractivity contribution in [1.82, 2.24) is 0 Å². The van der Waals surface area contributed by atoms with E-state index in [-0.39, 0.29) is 12.0 Å². The van der Waals surface area contributed by atoms with E-state index in [9.17, 15) is 14.9 Å². The fourth-order valence-electron chi connectivity index (χ4n) is 2.15. The van der Waals surface area contributed by atoms with Crippen LogP contribution in [0.25, 0.3) is 0 Å². The molecule has 3 N–H and O–H groups in total. The SMILES string of the molecule is Cc1cc(I)ccc1NC(=O)/C(C#N)=C\Nc1ccc(CC(=O)O)cc1. The highest BCUT2D eigenvalue weighted by Gasteiger charge is 2.11. The molecule has 0 fully saturated rings. The maximum atomic E-state index is 12.3. The minimum atomic E-state index is -0.903. The Labute approximate surface area is 164 Å². The zero-order valence-electron chi connectivity index (χ0n) is 13.9. The van der Waals surface area contributed by atoms with Crippen molar-refractivity contribution in [2.75, 3.05) is 10.6 Å². The van der Waals surface area contributed by atoms with E-state index in [1.54, 1.807) is 30.3 Å². The van der Waals surface area contributed by atoms with Crippen molar-refractivity contribution in [3.63, 3.8) is 0 Å². The molecule has 6 nitrogen and oxygen atoms in total. The number of carboxylic acids is 1. The Bertz CT molecular complexity index is 899. The van der Waals surface area contributed by atoms with Gasteiger partial charge in [0.25, 0.3) is 5.91 Å². The van der Waals surface area contributed by atoms with Crippen LogP contribution in [0.2, 0.25) is 0 Å². The summed E-state index contributed by atoms with van der Waals surface area (Å²) in [5, 5.41) is 23.6. The molecule has 0 aromatic heterocycles. The first-order valence-electron chi connectivity index (χ1n) is 7.64.